The third kappa shape index (κ3) is 4.78. The number of hydrogen-bond donors (Lipinski definition) is 0. The van der Waals surface area contributed by atoms with E-state index in [1.165, 1.54) is 29.5 Å². The molecular formula is C18H23N2. The first-order valence-electron chi connectivity index (χ1n) is 7.35. The topological polar surface area (TPSA) is 16.1 Å². The maximum absolute atomic E-state index is 4.05. The molecule has 0 aliphatic rings. The molecule has 1 aromatic carbocycles. The van der Waals surface area contributed by atoms with Crippen LogP contribution in [-0.4, -0.2) is 16.9 Å². The SMILES string of the molecule is CCCCc1[c]cc(CN(C)Cc2ccncc2)cc1. The number of benzene rings is 1. The van der Waals surface area contributed by atoms with Crippen LogP contribution in [0.4, 0.5) is 0 Å². The molecule has 2 rings (SSSR count). The fraction of sp³-hybridized carbons (Fsp3) is 0.389. The third-order valence-electron chi connectivity index (χ3n) is 3.40. The lowest BCUT2D eigenvalue weighted by Crippen LogP contribution is -2.17. The molecule has 2 aromatic rings. The molecule has 0 aliphatic heterocycles. The second kappa shape index (κ2) is 7.81. The zero-order valence-corrected chi connectivity index (χ0v) is 12.5. The first-order valence-corrected chi connectivity index (χ1v) is 7.35. The van der Waals surface area contributed by atoms with Crippen LogP contribution in [0.1, 0.15) is 36.5 Å². The van der Waals surface area contributed by atoms with Gasteiger partial charge in [-0.25, -0.2) is 0 Å². The third-order valence-corrected chi connectivity index (χ3v) is 3.40. The van der Waals surface area contributed by atoms with Crippen LogP contribution in [-0.2, 0) is 19.5 Å². The Morgan fingerprint density at radius 1 is 1.05 bits per heavy atom. The quantitative estimate of drug-likeness (QED) is 0.757. The van der Waals surface area contributed by atoms with Gasteiger partial charge >= 0.3 is 0 Å². The molecular weight excluding hydrogens is 244 g/mol. The summed E-state index contributed by atoms with van der Waals surface area (Å²) < 4.78 is 0. The van der Waals surface area contributed by atoms with Gasteiger partial charge in [-0.2, -0.15) is 0 Å². The Kier molecular flexibility index (Phi) is 5.75. The van der Waals surface area contributed by atoms with E-state index in [0.717, 1.165) is 19.5 Å². The molecule has 1 heterocycles. The average molecular weight is 267 g/mol. The highest BCUT2D eigenvalue weighted by Gasteiger charge is 2.02. The van der Waals surface area contributed by atoms with Gasteiger partial charge in [-0.05, 0) is 60.8 Å². The Hall–Kier alpha value is -1.67. The van der Waals surface area contributed by atoms with Crippen LogP contribution in [0.15, 0.2) is 42.7 Å². The molecule has 0 aliphatic carbocycles. The highest BCUT2D eigenvalue weighted by atomic mass is 15.1. The first kappa shape index (κ1) is 14.7. The van der Waals surface area contributed by atoms with Gasteiger partial charge in [0, 0.05) is 25.5 Å². The summed E-state index contributed by atoms with van der Waals surface area (Å²) in [6.45, 7) is 4.12. The zero-order valence-electron chi connectivity index (χ0n) is 12.5. The van der Waals surface area contributed by atoms with Crippen molar-refractivity contribution >= 4 is 0 Å². The summed E-state index contributed by atoms with van der Waals surface area (Å²) in [5, 5.41) is 0. The highest BCUT2D eigenvalue weighted by molar-refractivity contribution is 5.21. The van der Waals surface area contributed by atoms with Gasteiger partial charge in [-0.1, -0.05) is 25.5 Å². The summed E-state index contributed by atoms with van der Waals surface area (Å²) in [6.07, 6.45) is 7.32. The summed E-state index contributed by atoms with van der Waals surface area (Å²) in [6, 6.07) is 14.1. The second-order valence-electron chi connectivity index (χ2n) is 5.35. The van der Waals surface area contributed by atoms with Gasteiger partial charge in [-0.3, -0.25) is 9.88 Å². The molecule has 1 aromatic heterocycles. The van der Waals surface area contributed by atoms with Crippen molar-refractivity contribution in [2.45, 2.75) is 39.3 Å². The zero-order chi connectivity index (χ0) is 14.2. The van der Waals surface area contributed by atoms with E-state index in [1.54, 1.807) is 0 Å². The minimum Gasteiger partial charge on any atom is -0.298 e. The molecule has 0 saturated heterocycles. The molecule has 0 N–H and O–H groups in total. The molecule has 0 saturated carbocycles. The standard InChI is InChI=1S/C18H23N2/c1-3-4-5-16-6-8-17(9-7-16)14-20(2)15-18-10-12-19-13-11-18/h6,8-13H,3-5,14-15H2,1-2H3. The largest absolute Gasteiger partial charge is 0.298 e. The van der Waals surface area contributed by atoms with Crippen molar-refractivity contribution in [2.24, 2.45) is 0 Å². The maximum atomic E-state index is 4.05. The summed E-state index contributed by atoms with van der Waals surface area (Å²) in [4.78, 5) is 6.36. The fourth-order valence-electron chi connectivity index (χ4n) is 2.28. The molecule has 0 amide bonds. The van der Waals surface area contributed by atoms with Crippen molar-refractivity contribution in [2.75, 3.05) is 7.05 Å². The lowest BCUT2D eigenvalue weighted by atomic mass is 10.1. The predicted octanol–water partition coefficient (Wildman–Crippen LogP) is 3.86. The summed E-state index contributed by atoms with van der Waals surface area (Å²) >= 11 is 0. The summed E-state index contributed by atoms with van der Waals surface area (Å²) in [7, 11) is 2.14. The molecule has 105 valence electrons. The summed E-state index contributed by atoms with van der Waals surface area (Å²) in [5.41, 5.74) is 3.94. The number of nitrogens with zero attached hydrogens (tertiary/aromatic N) is 2. The van der Waals surface area contributed by atoms with Crippen molar-refractivity contribution in [3.8, 4) is 0 Å². The number of pyridine rings is 1. The van der Waals surface area contributed by atoms with Crippen LogP contribution in [0, 0.1) is 6.07 Å². The molecule has 0 bridgehead atoms. The number of aromatic nitrogens is 1. The van der Waals surface area contributed by atoms with E-state index in [9.17, 15) is 0 Å². The minimum absolute atomic E-state index is 0.945. The Morgan fingerprint density at radius 3 is 2.45 bits per heavy atom. The molecule has 0 fully saturated rings. The number of aryl methyl sites for hydroxylation is 1. The van der Waals surface area contributed by atoms with Crippen LogP contribution in [0.2, 0.25) is 0 Å². The van der Waals surface area contributed by atoms with Gasteiger partial charge in [0.2, 0.25) is 0 Å². The summed E-state index contributed by atoms with van der Waals surface area (Å²) in [5.74, 6) is 0. The minimum atomic E-state index is 0.945. The Labute approximate surface area is 122 Å². The van der Waals surface area contributed by atoms with E-state index >= 15 is 0 Å². The second-order valence-corrected chi connectivity index (χ2v) is 5.35. The van der Waals surface area contributed by atoms with Crippen LogP contribution < -0.4 is 0 Å². The monoisotopic (exact) mass is 267 g/mol. The number of unbranched alkanes of at least 4 members (excludes halogenated alkanes) is 1. The van der Waals surface area contributed by atoms with Crippen LogP contribution in [0.3, 0.4) is 0 Å². The molecule has 2 heteroatoms. The smallest absolute Gasteiger partial charge is 0.0271 e. The van der Waals surface area contributed by atoms with Crippen molar-refractivity contribution in [1.29, 1.82) is 0 Å². The van der Waals surface area contributed by atoms with Gasteiger partial charge < -0.3 is 0 Å². The fourth-order valence-corrected chi connectivity index (χ4v) is 2.28. The maximum Gasteiger partial charge on any atom is 0.0271 e. The normalized spacial score (nSPS) is 10.9. The van der Waals surface area contributed by atoms with Gasteiger partial charge in [0.05, 0.1) is 0 Å². The highest BCUT2D eigenvalue weighted by Crippen LogP contribution is 2.10. The Bertz CT molecular complexity index is 491. The molecule has 0 atom stereocenters. The Morgan fingerprint density at radius 2 is 1.80 bits per heavy atom. The Balaban J connectivity index is 1.86. The van der Waals surface area contributed by atoms with E-state index in [1.807, 2.05) is 12.4 Å². The van der Waals surface area contributed by atoms with Crippen molar-refractivity contribution in [3.05, 3.63) is 65.5 Å². The van der Waals surface area contributed by atoms with Crippen molar-refractivity contribution in [3.63, 3.8) is 0 Å². The van der Waals surface area contributed by atoms with Gasteiger partial charge in [0.25, 0.3) is 0 Å². The van der Waals surface area contributed by atoms with Crippen LogP contribution in [0.25, 0.3) is 0 Å². The van der Waals surface area contributed by atoms with E-state index < -0.39 is 0 Å². The molecule has 1 radical (unpaired) electrons. The van der Waals surface area contributed by atoms with Crippen molar-refractivity contribution in [1.82, 2.24) is 9.88 Å². The van der Waals surface area contributed by atoms with Crippen molar-refractivity contribution < 1.29 is 0 Å². The van der Waals surface area contributed by atoms with Crippen LogP contribution in [0.5, 0.6) is 0 Å². The molecule has 20 heavy (non-hydrogen) atoms. The molecule has 2 nitrogen and oxygen atoms in total. The lowest BCUT2D eigenvalue weighted by molar-refractivity contribution is 0.319. The van der Waals surface area contributed by atoms with E-state index in [-0.39, 0.29) is 0 Å². The number of rotatable bonds is 7. The van der Waals surface area contributed by atoms with Gasteiger partial charge in [0.1, 0.15) is 0 Å². The lowest BCUT2D eigenvalue weighted by Gasteiger charge is -2.16. The molecule has 0 spiro atoms. The average Bonchev–Trinajstić information content (AvgIpc) is 2.47. The van der Waals surface area contributed by atoms with Gasteiger partial charge in [-0.15, -0.1) is 0 Å². The van der Waals surface area contributed by atoms with E-state index in [0.29, 0.717) is 0 Å². The predicted molar refractivity (Wildman–Crippen MR) is 83.3 cm³/mol. The van der Waals surface area contributed by atoms with Crippen LogP contribution >= 0.6 is 0 Å². The number of hydrogen-bond acceptors (Lipinski definition) is 2. The first-order chi connectivity index (χ1) is 9.78. The molecule has 0 unspecified atom stereocenters. The van der Waals surface area contributed by atoms with E-state index in [2.05, 4.69) is 60.3 Å². The van der Waals surface area contributed by atoms with Gasteiger partial charge in [0.15, 0.2) is 0 Å². The van der Waals surface area contributed by atoms with E-state index in [4.69, 9.17) is 0 Å².